The van der Waals surface area contributed by atoms with Gasteiger partial charge in [-0.1, -0.05) is 13.8 Å². The molecule has 0 aliphatic rings. The Hall–Kier alpha value is -1.62. The minimum absolute atomic E-state index is 0.0712. The van der Waals surface area contributed by atoms with E-state index in [4.69, 9.17) is 0 Å². The first-order valence-corrected chi connectivity index (χ1v) is 7.75. The molecule has 0 aliphatic carbocycles. The van der Waals surface area contributed by atoms with Crippen LogP contribution in [0.3, 0.4) is 0 Å². The van der Waals surface area contributed by atoms with Crippen LogP contribution in [0.5, 0.6) is 0 Å². The van der Waals surface area contributed by atoms with Crippen LogP contribution in [0.1, 0.15) is 43.7 Å². The summed E-state index contributed by atoms with van der Waals surface area (Å²) in [6.07, 6.45) is 1.65. The molecule has 0 aromatic carbocycles. The maximum atomic E-state index is 12.4. The molecule has 1 unspecified atom stereocenters. The minimum atomic E-state index is -0.0712. The summed E-state index contributed by atoms with van der Waals surface area (Å²) >= 11 is 0. The topological polar surface area (TPSA) is 57.3 Å². The van der Waals surface area contributed by atoms with Gasteiger partial charge in [-0.05, 0) is 39.9 Å². The summed E-state index contributed by atoms with van der Waals surface area (Å²) in [6, 6.07) is 2.01. The Morgan fingerprint density at radius 3 is 2.57 bits per heavy atom. The second-order valence-corrected chi connectivity index (χ2v) is 5.26. The van der Waals surface area contributed by atoms with Crippen molar-refractivity contribution < 1.29 is 4.79 Å². The van der Waals surface area contributed by atoms with Gasteiger partial charge in [0.05, 0.1) is 11.3 Å². The highest BCUT2D eigenvalue weighted by Gasteiger charge is 2.15. The van der Waals surface area contributed by atoms with Gasteiger partial charge < -0.3 is 15.5 Å². The van der Waals surface area contributed by atoms with Crippen LogP contribution < -0.4 is 10.6 Å². The van der Waals surface area contributed by atoms with Crippen molar-refractivity contribution in [3.8, 4) is 0 Å². The van der Waals surface area contributed by atoms with E-state index in [9.17, 15) is 4.79 Å². The van der Waals surface area contributed by atoms with Gasteiger partial charge in [0.1, 0.15) is 0 Å². The second kappa shape index (κ2) is 8.62. The number of nitrogens with zero attached hydrogens (tertiary/aromatic N) is 2. The quantitative estimate of drug-likeness (QED) is 0.772. The van der Waals surface area contributed by atoms with Gasteiger partial charge in [-0.15, -0.1) is 0 Å². The van der Waals surface area contributed by atoms with Crippen LogP contribution in [0.4, 0.5) is 5.69 Å². The molecule has 1 atom stereocenters. The molecule has 0 fully saturated rings. The average Bonchev–Trinajstić information content (AvgIpc) is 2.45. The van der Waals surface area contributed by atoms with Gasteiger partial charge in [-0.3, -0.25) is 9.78 Å². The van der Waals surface area contributed by atoms with Crippen molar-refractivity contribution in [1.29, 1.82) is 0 Å². The van der Waals surface area contributed by atoms with Gasteiger partial charge in [0.25, 0.3) is 5.91 Å². The fourth-order valence-corrected chi connectivity index (χ4v) is 2.29. The van der Waals surface area contributed by atoms with E-state index in [1.54, 1.807) is 6.20 Å². The highest BCUT2D eigenvalue weighted by atomic mass is 16.1. The zero-order valence-corrected chi connectivity index (χ0v) is 13.9. The molecule has 0 radical (unpaired) electrons. The van der Waals surface area contributed by atoms with Gasteiger partial charge in [0.2, 0.25) is 0 Å². The molecule has 1 aromatic heterocycles. The number of pyridine rings is 1. The molecule has 0 saturated carbocycles. The van der Waals surface area contributed by atoms with Crippen LogP contribution in [-0.4, -0.2) is 48.0 Å². The summed E-state index contributed by atoms with van der Waals surface area (Å²) < 4.78 is 0. The molecule has 1 amide bonds. The number of aromatic nitrogens is 1. The third-order valence-corrected chi connectivity index (χ3v) is 3.46. The Morgan fingerprint density at radius 1 is 1.33 bits per heavy atom. The molecule has 1 aromatic rings. The Bertz CT molecular complexity index is 458. The van der Waals surface area contributed by atoms with Crippen LogP contribution in [0, 0.1) is 6.92 Å². The third kappa shape index (κ3) is 5.34. The number of rotatable bonds is 8. The molecule has 21 heavy (non-hydrogen) atoms. The Labute approximate surface area is 128 Å². The molecule has 1 rings (SSSR count). The van der Waals surface area contributed by atoms with Gasteiger partial charge in [0, 0.05) is 31.0 Å². The Balaban J connectivity index is 2.75. The van der Waals surface area contributed by atoms with E-state index in [0.29, 0.717) is 5.56 Å². The van der Waals surface area contributed by atoms with Crippen LogP contribution >= 0.6 is 0 Å². The highest BCUT2D eigenvalue weighted by Crippen LogP contribution is 2.15. The first-order chi connectivity index (χ1) is 10.0. The van der Waals surface area contributed by atoms with Gasteiger partial charge in [-0.2, -0.15) is 0 Å². The lowest BCUT2D eigenvalue weighted by Crippen LogP contribution is -2.42. The molecule has 1 heterocycles. The van der Waals surface area contributed by atoms with Crippen molar-refractivity contribution in [3.63, 3.8) is 0 Å². The maximum absolute atomic E-state index is 12.4. The zero-order chi connectivity index (χ0) is 15.8. The van der Waals surface area contributed by atoms with E-state index in [1.807, 2.05) is 26.8 Å². The summed E-state index contributed by atoms with van der Waals surface area (Å²) in [4.78, 5) is 18.9. The van der Waals surface area contributed by atoms with Crippen molar-refractivity contribution in [1.82, 2.24) is 15.2 Å². The molecule has 0 aliphatic heterocycles. The molecule has 118 valence electrons. The fourth-order valence-electron chi connectivity index (χ4n) is 2.29. The number of amides is 1. The van der Waals surface area contributed by atoms with Crippen LogP contribution in [0.2, 0.25) is 0 Å². The van der Waals surface area contributed by atoms with Crippen molar-refractivity contribution in [2.75, 3.05) is 31.5 Å². The predicted octanol–water partition coefficient (Wildman–Crippen LogP) is 2.28. The van der Waals surface area contributed by atoms with Crippen molar-refractivity contribution >= 4 is 11.6 Å². The molecule has 0 bridgehead atoms. The van der Waals surface area contributed by atoms with Crippen molar-refractivity contribution in [2.24, 2.45) is 0 Å². The number of hydrogen-bond acceptors (Lipinski definition) is 4. The fraction of sp³-hybridized carbons (Fsp3) is 0.625. The molecule has 5 nitrogen and oxygen atoms in total. The first kappa shape index (κ1) is 17.4. The monoisotopic (exact) mass is 292 g/mol. The summed E-state index contributed by atoms with van der Waals surface area (Å²) in [7, 11) is 0. The lowest BCUT2D eigenvalue weighted by Gasteiger charge is -2.23. The summed E-state index contributed by atoms with van der Waals surface area (Å²) in [5.41, 5.74) is 2.35. The molecule has 5 heteroatoms. The van der Waals surface area contributed by atoms with Crippen molar-refractivity contribution in [3.05, 3.63) is 23.5 Å². The van der Waals surface area contributed by atoms with E-state index in [0.717, 1.165) is 37.6 Å². The minimum Gasteiger partial charge on any atom is -0.385 e. The van der Waals surface area contributed by atoms with Crippen LogP contribution in [-0.2, 0) is 0 Å². The highest BCUT2D eigenvalue weighted by molar-refractivity contribution is 5.99. The zero-order valence-electron chi connectivity index (χ0n) is 13.9. The van der Waals surface area contributed by atoms with Crippen molar-refractivity contribution in [2.45, 2.75) is 40.7 Å². The molecule has 0 spiro atoms. The SMILES string of the molecule is CCNc1cc(C)ncc1C(=O)NC(C)CN(CC)CC. The number of anilines is 1. The molecule has 2 N–H and O–H groups in total. The predicted molar refractivity (Wildman–Crippen MR) is 87.9 cm³/mol. The van der Waals surface area contributed by atoms with E-state index < -0.39 is 0 Å². The van der Waals surface area contributed by atoms with E-state index in [-0.39, 0.29) is 11.9 Å². The summed E-state index contributed by atoms with van der Waals surface area (Å²) in [5, 5.41) is 6.28. The van der Waals surface area contributed by atoms with Gasteiger partial charge in [0.15, 0.2) is 0 Å². The van der Waals surface area contributed by atoms with Gasteiger partial charge in [-0.25, -0.2) is 0 Å². The number of hydrogen-bond donors (Lipinski definition) is 2. The van der Waals surface area contributed by atoms with E-state index in [2.05, 4.69) is 34.4 Å². The number of aryl methyl sites for hydroxylation is 1. The standard InChI is InChI=1S/C16H28N4O/c1-6-17-15-9-12(4)18-10-14(15)16(21)19-13(5)11-20(7-2)8-3/h9-10,13H,6-8,11H2,1-5H3,(H,17,18)(H,19,21). The lowest BCUT2D eigenvalue weighted by atomic mass is 10.1. The Kier molecular flexibility index (Phi) is 7.15. The Morgan fingerprint density at radius 2 is 2.00 bits per heavy atom. The molecule has 0 saturated heterocycles. The molecular formula is C16H28N4O. The maximum Gasteiger partial charge on any atom is 0.255 e. The number of carbonyl (C=O) groups excluding carboxylic acids is 1. The summed E-state index contributed by atoms with van der Waals surface area (Å²) in [5.74, 6) is -0.0712. The van der Waals surface area contributed by atoms with Gasteiger partial charge >= 0.3 is 0 Å². The van der Waals surface area contributed by atoms with Crippen LogP contribution in [0.15, 0.2) is 12.3 Å². The lowest BCUT2D eigenvalue weighted by molar-refractivity contribution is 0.0931. The first-order valence-electron chi connectivity index (χ1n) is 7.75. The number of likely N-dealkylation sites (N-methyl/N-ethyl adjacent to an activating group) is 1. The van der Waals surface area contributed by atoms with Crippen LogP contribution in [0.25, 0.3) is 0 Å². The van der Waals surface area contributed by atoms with E-state index in [1.165, 1.54) is 0 Å². The smallest absolute Gasteiger partial charge is 0.255 e. The summed E-state index contributed by atoms with van der Waals surface area (Å²) in [6.45, 7) is 13.8. The molecular weight excluding hydrogens is 264 g/mol. The number of nitrogens with one attached hydrogen (secondary N) is 2. The van der Waals surface area contributed by atoms with E-state index >= 15 is 0 Å². The third-order valence-electron chi connectivity index (χ3n) is 3.46. The normalized spacial score (nSPS) is 12.3. The number of carbonyl (C=O) groups is 1. The average molecular weight is 292 g/mol. The second-order valence-electron chi connectivity index (χ2n) is 5.26. The largest absolute Gasteiger partial charge is 0.385 e.